The van der Waals surface area contributed by atoms with Crippen LogP contribution in [-0.4, -0.2) is 23.9 Å². The van der Waals surface area contributed by atoms with E-state index in [-0.39, 0.29) is 0 Å². The van der Waals surface area contributed by atoms with Crippen molar-refractivity contribution in [1.29, 1.82) is 0 Å². The van der Waals surface area contributed by atoms with Gasteiger partial charge in [-0.1, -0.05) is 107 Å². The van der Waals surface area contributed by atoms with Gasteiger partial charge < -0.3 is 14.2 Å². The summed E-state index contributed by atoms with van der Waals surface area (Å²) in [6.07, 6.45) is 6.03. The van der Waals surface area contributed by atoms with Crippen LogP contribution in [0.4, 0.5) is 0 Å². The Morgan fingerprint density at radius 3 is 1.39 bits per heavy atom. The quantitative estimate of drug-likeness (QED) is 0.0871. The number of para-hydroxylation sites is 2. The van der Waals surface area contributed by atoms with Gasteiger partial charge in [0.05, 0.1) is 13.2 Å². The number of halogens is 2. The third-order valence-corrected chi connectivity index (χ3v) is 7.97. The van der Waals surface area contributed by atoms with E-state index in [4.69, 9.17) is 14.2 Å². The fraction of sp³-hybridized carbons (Fsp3) is 0.333. The molecule has 0 saturated heterocycles. The fourth-order valence-corrected chi connectivity index (χ4v) is 5.34. The Kier molecular flexibility index (Phi) is 12.6. The van der Waals surface area contributed by atoms with Crippen LogP contribution in [0.2, 0.25) is 0 Å². The summed E-state index contributed by atoms with van der Waals surface area (Å²) in [5.41, 5.74) is 6.85. The topological polar surface area (TPSA) is 27.7 Å². The van der Waals surface area contributed by atoms with Crippen molar-refractivity contribution in [2.75, 3.05) is 23.9 Å². The van der Waals surface area contributed by atoms with Crippen LogP contribution in [0.3, 0.4) is 0 Å². The Hall–Kier alpha value is -2.76. The molecule has 0 spiro atoms. The molecule has 0 aliphatic rings. The van der Waals surface area contributed by atoms with Crippen LogP contribution < -0.4 is 14.2 Å². The van der Waals surface area contributed by atoms with Gasteiger partial charge in [0.1, 0.15) is 23.0 Å². The summed E-state index contributed by atoms with van der Waals surface area (Å²) >= 11 is 6.99. The molecule has 4 aromatic carbocycles. The highest BCUT2D eigenvalue weighted by Crippen LogP contribution is 2.40. The van der Waals surface area contributed by atoms with Gasteiger partial charge in [0, 0.05) is 21.8 Å². The van der Waals surface area contributed by atoms with Crippen molar-refractivity contribution >= 4 is 31.9 Å². The standard InChI is InChI=1S/C36H40Br2O3/c1-3-11-29-25-27(17-19-33(29)39-23-9-21-37)31-13-5-7-15-35(31)41-36-16-8-6-14-32(36)28-18-20-34(40-24-10-22-38)30(26-28)12-4-2/h5-8,13-20,25-26H,3-4,9-12,21-24H2,1-2H3. The summed E-state index contributed by atoms with van der Waals surface area (Å²) in [4.78, 5) is 0. The van der Waals surface area contributed by atoms with Gasteiger partial charge in [0.15, 0.2) is 0 Å². The maximum Gasteiger partial charge on any atom is 0.135 e. The Balaban J connectivity index is 1.65. The summed E-state index contributed by atoms with van der Waals surface area (Å²) in [6, 6.07) is 29.6. The van der Waals surface area contributed by atoms with Crippen LogP contribution in [0.1, 0.15) is 50.7 Å². The van der Waals surface area contributed by atoms with Gasteiger partial charge in [0.2, 0.25) is 0 Å². The fourth-order valence-electron chi connectivity index (χ4n) is 4.89. The van der Waals surface area contributed by atoms with Gasteiger partial charge in [0.25, 0.3) is 0 Å². The Bertz CT molecular complexity index is 1280. The van der Waals surface area contributed by atoms with Crippen LogP contribution >= 0.6 is 31.9 Å². The van der Waals surface area contributed by atoms with E-state index in [1.54, 1.807) is 0 Å². The van der Waals surface area contributed by atoms with Crippen molar-refractivity contribution in [3.05, 3.63) is 96.1 Å². The molecule has 0 amide bonds. The number of rotatable bonds is 16. The van der Waals surface area contributed by atoms with Crippen molar-refractivity contribution in [1.82, 2.24) is 0 Å². The number of hydrogen-bond acceptors (Lipinski definition) is 3. The summed E-state index contributed by atoms with van der Waals surface area (Å²) < 4.78 is 18.9. The van der Waals surface area contributed by atoms with Gasteiger partial charge in [-0.25, -0.2) is 0 Å². The van der Waals surface area contributed by atoms with E-state index in [9.17, 15) is 0 Å². The molecular formula is C36H40Br2O3. The number of ether oxygens (including phenoxy) is 3. The molecule has 0 aliphatic heterocycles. The van der Waals surface area contributed by atoms with Crippen LogP contribution in [-0.2, 0) is 12.8 Å². The Morgan fingerprint density at radius 1 is 0.537 bits per heavy atom. The lowest BCUT2D eigenvalue weighted by atomic mass is 9.98. The largest absolute Gasteiger partial charge is 0.493 e. The molecule has 5 heteroatoms. The van der Waals surface area contributed by atoms with E-state index in [1.807, 2.05) is 12.1 Å². The first kappa shape index (κ1) is 31.2. The van der Waals surface area contributed by atoms with Crippen LogP contribution in [0.5, 0.6) is 23.0 Å². The summed E-state index contributed by atoms with van der Waals surface area (Å²) in [7, 11) is 0. The normalized spacial score (nSPS) is 10.9. The second-order valence-corrected chi connectivity index (χ2v) is 11.6. The molecule has 41 heavy (non-hydrogen) atoms. The van der Waals surface area contributed by atoms with E-state index in [0.717, 1.165) is 94.4 Å². The number of hydrogen-bond donors (Lipinski definition) is 0. The summed E-state index contributed by atoms with van der Waals surface area (Å²) in [5, 5.41) is 1.88. The van der Waals surface area contributed by atoms with E-state index < -0.39 is 0 Å². The van der Waals surface area contributed by atoms with Crippen molar-refractivity contribution in [2.45, 2.75) is 52.4 Å². The zero-order valence-electron chi connectivity index (χ0n) is 24.1. The predicted molar refractivity (Wildman–Crippen MR) is 180 cm³/mol. The first-order valence-electron chi connectivity index (χ1n) is 14.7. The van der Waals surface area contributed by atoms with Crippen molar-refractivity contribution in [3.63, 3.8) is 0 Å². The second-order valence-electron chi connectivity index (χ2n) is 10.0. The third-order valence-electron chi connectivity index (χ3n) is 6.85. The van der Waals surface area contributed by atoms with Crippen molar-refractivity contribution in [2.24, 2.45) is 0 Å². The van der Waals surface area contributed by atoms with Gasteiger partial charge in [-0.2, -0.15) is 0 Å². The monoisotopic (exact) mass is 678 g/mol. The maximum atomic E-state index is 6.70. The molecular weight excluding hydrogens is 640 g/mol. The third kappa shape index (κ3) is 8.62. The zero-order valence-corrected chi connectivity index (χ0v) is 27.3. The van der Waals surface area contributed by atoms with Gasteiger partial charge in [-0.15, -0.1) is 0 Å². The molecule has 0 unspecified atom stereocenters. The lowest BCUT2D eigenvalue weighted by Crippen LogP contribution is -2.01. The Morgan fingerprint density at radius 2 is 0.976 bits per heavy atom. The molecule has 0 bridgehead atoms. The number of alkyl halides is 2. The number of benzene rings is 4. The molecule has 0 radical (unpaired) electrons. The second kappa shape index (κ2) is 16.6. The molecule has 4 rings (SSSR count). The van der Waals surface area contributed by atoms with E-state index in [1.165, 1.54) is 11.1 Å². The molecule has 0 saturated carbocycles. The molecule has 0 atom stereocenters. The van der Waals surface area contributed by atoms with Gasteiger partial charge in [-0.3, -0.25) is 0 Å². The molecule has 216 valence electrons. The molecule has 0 aromatic heterocycles. The van der Waals surface area contributed by atoms with Crippen LogP contribution in [0.25, 0.3) is 22.3 Å². The maximum absolute atomic E-state index is 6.70. The van der Waals surface area contributed by atoms with Crippen molar-refractivity contribution < 1.29 is 14.2 Å². The first-order chi connectivity index (χ1) is 20.2. The van der Waals surface area contributed by atoms with Gasteiger partial charge >= 0.3 is 0 Å². The highest BCUT2D eigenvalue weighted by atomic mass is 79.9. The molecule has 3 nitrogen and oxygen atoms in total. The highest BCUT2D eigenvalue weighted by Gasteiger charge is 2.15. The average Bonchev–Trinajstić information content (AvgIpc) is 3.00. The SMILES string of the molecule is CCCc1cc(-c2ccccc2Oc2ccccc2-c2ccc(OCCCBr)c(CCC)c2)ccc1OCCCBr. The molecule has 0 fully saturated rings. The predicted octanol–water partition coefficient (Wildman–Crippen LogP) is 11.0. The van der Waals surface area contributed by atoms with E-state index in [2.05, 4.69) is 119 Å². The smallest absolute Gasteiger partial charge is 0.135 e. The molecule has 0 aliphatic carbocycles. The molecule has 0 N–H and O–H groups in total. The zero-order chi connectivity index (χ0) is 28.9. The molecule has 0 heterocycles. The summed E-state index contributed by atoms with van der Waals surface area (Å²) in [6.45, 7) is 5.83. The Labute approximate surface area is 262 Å². The first-order valence-corrected chi connectivity index (χ1v) is 16.9. The minimum Gasteiger partial charge on any atom is -0.493 e. The summed E-state index contributed by atoms with van der Waals surface area (Å²) in [5.74, 6) is 3.61. The average molecular weight is 681 g/mol. The van der Waals surface area contributed by atoms with E-state index >= 15 is 0 Å². The van der Waals surface area contributed by atoms with Crippen LogP contribution in [0.15, 0.2) is 84.9 Å². The molecule has 4 aromatic rings. The minimum atomic E-state index is 0.710. The lowest BCUT2D eigenvalue weighted by molar-refractivity contribution is 0.315. The van der Waals surface area contributed by atoms with Gasteiger partial charge in [-0.05, 0) is 84.3 Å². The minimum absolute atomic E-state index is 0.710. The van der Waals surface area contributed by atoms with Crippen molar-refractivity contribution in [3.8, 4) is 45.3 Å². The van der Waals surface area contributed by atoms with Crippen LogP contribution in [0, 0.1) is 0 Å². The number of aryl methyl sites for hydroxylation is 2. The lowest BCUT2D eigenvalue weighted by Gasteiger charge is -2.17. The van der Waals surface area contributed by atoms with E-state index in [0.29, 0.717) is 13.2 Å². The highest BCUT2D eigenvalue weighted by molar-refractivity contribution is 9.09.